The molecule has 532 valence electrons. The third kappa shape index (κ3) is 14.6. The first-order valence-electron chi connectivity index (χ1n) is 33.0. The number of morpholine rings is 3. The number of aromatic nitrogens is 16. The molecular formula is C73H77ClN19O7S2W-. The van der Waals surface area contributed by atoms with Crippen LogP contribution >= 0.6 is 11.6 Å². The zero-order valence-electron chi connectivity index (χ0n) is 58.5. The van der Waals surface area contributed by atoms with Crippen LogP contribution in [0, 0.1) is 35.1 Å². The fraction of sp³-hybridized carbons (Fsp3) is 0.288. The van der Waals surface area contributed by atoms with Crippen LogP contribution in [-0.4, -0.2) is 172 Å². The summed E-state index contributed by atoms with van der Waals surface area (Å²) >= 11 is 6.36. The maximum absolute atomic E-state index is 13.5. The van der Waals surface area contributed by atoms with Crippen molar-refractivity contribution in [3.8, 4) is 56.9 Å². The second kappa shape index (κ2) is 30.3. The Morgan fingerprint density at radius 3 is 1.27 bits per heavy atom. The van der Waals surface area contributed by atoms with Gasteiger partial charge in [0.15, 0.2) is 28.8 Å². The predicted octanol–water partition coefficient (Wildman–Crippen LogP) is 11.3. The first-order valence-corrected chi connectivity index (χ1v) is 36.3. The van der Waals surface area contributed by atoms with Gasteiger partial charge in [0.05, 0.1) is 103 Å². The molecule has 3 atom stereocenters. The van der Waals surface area contributed by atoms with E-state index >= 15 is 0 Å². The third-order valence-corrected chi connectivity index (χ3v) is 21.8. The Morgan fingerprint density at radius 1 is 0.485 bits per heavy atom. The number of hydrogen-bond acceptors (Lipinski definition) is 21. The molecule has 13 aromatic rings. The number of benzene rings is 2. The quantitative estimate of drug-likeness (QED) is 0.0878. The van der Waals surface area contributed by atoms with Gasteiger partial charge in [0.25, 0.3) is 20.0 Å². The van der Waals surface area contributed by atoms with Crippen LogP contribution in [0.5, 0.6) is 0 Å². The van der Waals surface area contributed by atoms with Crippen molar-refractivity contribution in [3.63, 3.8) is 0 Å². The summed E-state index contributed by atoms with van der Waals surface area (Å²) in [5.41, 5.74) is 11.3. The molecule has 16 rings (SSSR count). The van der Waals surface area contributed by atoms with Crippen LogP contribution < -0.4 is 14.7 Å². The minimum absolute atomic E-state index is 0. The fourth-order valence-corrected chi connectivity index (χ4v) is 15.7. The molecule has 0 aliphatic carbocycles. The predicted molar refractivity (Wildman–Crippen MR) is 394 cm³/mol. The molecule has 0 saturated carbocycles. The Hall–Kier alpha value is -9.67. The maximum Gasteiger partial charge on any atom is 0.269 e. The van der Waals surface area contributed by atoms with Gasteiger partial charge in [-0.25, -0.2) is 69.6 Å². The normalized spacial score (nSPS) is 16.4. The molecule has 3 aliphatic heterocycles. The Kier molecular flexibility index (Phi) is 21.5. The van der Waals surface area contributed by atoms with Gasteiger partial charge in [-0.05, 0) is 120 Å². The van der Waals surface area contributed by atoms with E-state index in [0.29, 0.717) is 114 Å². The van der Waals surface area contributed by atoms with Crippen LogP contribution in [0.25, 0.3) is 90.0 Å². The van der Waals surface area contributed by atoms with Crippen molar-refractivity contribution >= 4 is 82.2 Å². The summed E-state index contributed by atoms with van der Waals surface area (Å²) in [6.07, 6.45) is 13.6. The van der Waals surface area contributed by atoms with E-state index in [1.165, 1.54) is 20.3 Å². The Labute approximate surface area is 616 Å². The number of aromatic amines is 1. The summed E-state index contributed by atoms with van der Waals surface area (Å²) in [5.74, 6) is 3.97. The topological polar surface area (TPSA) is 283 Å². The molecule has 26 nitrogen and oxygen atoms in total. The number of nitrogens with zero attached hydrogens (tertiary/aromatic N) is 18. The van der Waals surface area contributed by atoms with Crippen molar-refractivity contribution < 1.29 is 52.1 Å². The zero-order chi connectivity index (χ0) is 70.4. The van der Waals surface area contributed by atoms with Crippen LogP contribution in [-0.2, 0) is 69.4 Å². The zero-order valence-corrected chi connectivity index (χ0v) is 63.9. The molecular weight excluding hydrogens is 1540 g/mol. The molecule has 0 amide bonds. The molecule has 103 heavy (non-hydrogen) atoms. The van der Waals surface area contributed by atoms with E-state index in [1.807, 2.05) is 82.4 Å². The van der Waals surface area contributed by atoms with E-state index in [1.54, 1.807) is 96.1 Å². The third-order valence-electron chi connectivity index (χ3n) is 18.3. The Morgan fingerprint density at radius 2 is 0.874 bits per heavy atom. The fourth-order valence-electron chi connectivity index (χ4n) is 13.0. The van der Waals surface area contributed by atoms with Gasteiger partial charge in [0, 0.05) is 143 Å². The van der Waals surface area contributed by atoms with E-state index in [-0.39, 0.29) is 56.4 Å². The first kappa shape index (κ1) is 73.1. The number of halogens is 1. The number of aryl methyl sites for hydroxylation is 6. The van der Waals surface area contributed by atoms with Crippen LogP contribution in [0.2, 0.25) is 5.15 Å². The summed E-state index contributed by atoms with van der Waals surface area (Å²) in [4.78, 5) is 52.4. The van der Waals surface area contributed by atoms with Crippen molar-refractivity contribution in [2.45, 2.75) is 76.4 Å². The average Bonchev–Trinajstić information content (AvgIpc) is 1.64. The first-order chi connectivity index (χ1) is 48.7. The SMILES string of the molecule is Cc1ccc(S(=O)(=O)n2ccc3c(-c4nc(-c5c(C)cnn5C)cc(N5CCOC[C@H]5C)n4)ccnc32)cc1.Cc1ccc(S(=O)(=O)n2ccc3c(-c4nc(Cl)cc(N5CCOC[C@H]5C)n4)ccnc32)cc1.Cc1cnn(C)c1-c1cc(N2CCOC[C@H]2C)nc(-c2ccnc3[nH]ccc23)n1.[CH3-].[W]. The second-order valence-corrected chi connectivity index (χ2v) is 29.4. The number of ether oxygens (including phenoxy) is 3. The molecule has 30 heteroatoms. The molecule has 11 aromatic heterocycles. The van der Waals surface area contributed by atoms with E-state index in [2.05, 4.69) is 83.6 Å². The summed E-state index contributed by atoms with van der Waals surface area (Å²) in [5, 5.41) is 11.4. The molecule has 1 N–H and O–H groups in total. The summed E-state index contributed by atoms with van der Waals surface area (Å²) in [7, 11) is -3.83. The molecule has 3 fully saturated rings. The van der Waals surface area contributed by atoms with E-state index in [9.17, 15) is 16.8 Å². The minimum Gasteiger partial charge on any atom is -0.377 e. The molecule has 2 aromatic carbocycles. The van der Waals surface area contributed by atoms with Gasteiger partial charge in [-0.15, -0.1) is 0 Å². The van der Waals surface area contributed by atoms with Crippen molar-refractivity contribution in [1.82, 2.24) is 77.3 Å². The number of anilines is 3. The van der Waals surface area contributed by atoms with Gasteiger partial charge in [-0.3, -0.25) is 9.36 Å². The second-order valence-electron chi connectivity index (χ2n) is 25.3. The van der Waals surface area contributed by atoms with Crippen LogP contribution in [0.4, 0.5) is 17.5 Å². The van der Waals surface area contributed by atoms with Gasteiger partial charge < -0.3 is 41.3 Å². The molecule has 0 unspecified atom stereocenters. The monoisotopic (exact) mass is 1610 g/mol. The van der Waals surface area contributed by atoms with Crippen molar-refractivity contribution in [2.24, 2.45) is 14.1 Å². The van der Waals surface area contributed by atoms with E-state index < -0.39 is 20.0 Å². The molecule has 0 bridgehead atoms. The van der Waals surface area contributed by atoms with Gasteiger partial charge in [0.1, 0.15) is 28.3 Å². The molecule has 3 saturated heterocycles. The van der Waals surface area contributed by atoms with Crippen molar-refractivity contribution in [3.05, 3.63) is 188 Å². The summed E-state index contributed by atoms with van der Waals surface area (Å²) in [6, 6.07) is 30.9. The Balaban J connectivity index is 0.000000146. The molecule has 0 spiro atoms. The number of fused-ring (bicyclic) bond motifs is 3. The number of hydrogen-bond donors (Lipinski definition) is 1. The molecule has 0 radical (unpaired) electrons. The van der Waals surface area contributed by atoms with Crippen LogP contribution in [0.3, 0.4) is 0 Å². The van der Waals surface area contributed by atoms with Gasteiger partial charge >= 0.3 is 0 Å². The van der Waals surface area contributed by atoms with Gasteiger partial charge in [-0.1, -0.05) is 47.0 Å². The molecule has 14 heterocycles. The van der Waals surface area contributed by atoms with Gasteiger partial charge in [0.2, 0.25) is 0 Å². The molecule has 3 aliphatic rings. The van der Waals surface area contributed by atoms with Crippen molar-refractivity contribution in [1.29, 1.82) is 0 Å². The Bertz CT molecular complexity index is 5440. The van der Waals surface area contributed by atoms with E-state index in [0.717, 1.165) is 79.8 Å². The van der Waals surface area contributed by atoms with Gasteiger partial charge in [-0.2, -0.15) is 10.2 Å². The van der Waals surface area contributed by atoms with Crippen LogP contribution in [0.15, 0.2) is 162 Å². The standard InChI is InChI=1S/C28H29N7O3S.C23H22ClN5O3S.C21H23N7O.CH3.W/c1-18-5-7-21(8-6-18)39(36,37)35-12-10-23-22(9-11-29-28(23)35)27-31-24(26-19(2)16-30-33(26)4)15-25(32-27)34-13-14-38-17-20(34)3;1-15-3-5-17(6-4-15)33(30,31)29-10-8-19-18(7-9-25-23(19)29)22-26-20(24)13-21(27-22)28-11-12-32-14-16(28)2;1-13-11-24-27(3)19(13)17-10-18(28-8-9-29-12-14(28)2)26-21(25-17)16-5-7-23-20-15(16)4-6-22-20;;/h5-12,15-16,20H,13-14,17H2,1-4H3;3-10,13,16H,11-12,14H2,1-2H3;4-7,10-11,14H,8-9,12H2,1-3H3,(H,22,23);1H3;/q;;;-1;/t20-;16-;14-;;/m111../s1. The number of H-pyrrole nitrogens is 1. The number of pyridine rings is 3. The van der Waals surface area contributed by atoms with E-state index in [4.69, 9.17) is 50.7 Å². The minimum atomic E-state index is -3.85. The summed E-state index contributed by atoms with van der Waals surface area (Å²) < 4.78 is 76.5. The van der Waals surface area contributed by atoms with Crippen molar-refractivity contribution in [2.75, 3.05) is 74.0 Å². The maximum atomic E-state index is 13.5. The average molecular weight is 1620 g/mol. The smallest absolute Gasteiger partial charge is 0.269 e. The number of nitrogens with one attached hydrogen (secondary N) is 1. The summed E-state index contributed by atoms with van der Waals surface area (Å²) in [6.45, 7) is 20.3. The number of rotatable bonds is 12. The largest absolute Gasteiger partial charge is 0.377 e. The van der Waals surface area contributed by atoms with Crippen LogP contribution in [0.1, 0.15) is 43.0 Å².